The average Bonchev–Trinajstić information content (AvgIpc) is 3.55. The Labute approximate surface area is 284 Å². The van der Waals surface area contributed by atoms with Gasteiger partial charge in [0.25, 0.3) is 11.5 Å². The summed E-state index contributed by atoms with van der Waals surface area (Å²) >= 11 is 0. The first kappa shape index (κ1) is 32.4. The number of hydrogen-bond acceptors (Lipinski definition) is 8. The number of anilines is 4. The molecule has 0 bridgehead atoms. The van der Waals surface area contributed by atoms with Gasteiger partial charge in [0.2, 0.25) is 0 Å². The number of carbonyl (C=O) groups excluding carboxylic acids is 1. The molecule has 49 heavy (non-hydrogen) atoms. The highest BCUT2D eigenvalue weighted by molar-refractivity contribution is 6.06. The number of aromatic nitrogens is 4. The number of nitrogens with one attached hydrogen (secondary N) is 1. The molecule has 0 saturated carbocycles. The van der Waals surface area contributed by atoms with Crippen molar-refractivity contribution in [3.05, 3.63) is 81.8 Å². The van der Waals surface area contributed by atoms with Crippen molar-refractivity contribution in [2.24, 2.45) is 12.5 Å². The minimum atomic E-state index is -0.950. The van der Waals surface area contributed by atoms with Crippen LogP contribution < -0.4 is 20.7 Å². The molecule has 0 aromatic carbocycles. The Morgan fingerprint density at radius 3 is 2.55 bits per heavy atom. The van der Waals surface area contributed by atoms with Crippen molar-refractivity contribution in [2.75, 3.05) is 41.3 Å². The number of aryl methyl sites for hydroxylation is 1. The van der Waals surface area contributed by atoms with Gasteiger partial charge in [0.15, 0.2) is 0 Å². The van der Waals surface area contributed by atoms with Crippen LogP contribution in [0.1, 0.15) is 61.1 Å². The van der Waals surface area contributed by atoms with Crippen LogP contribution in [0.25, 0.3) is 11.1 Å². The van der Waals surface area contributed by atoms with Gasteiger partial charge in [-0.15, -0.1) is 0 Å². The van der Waals surface area contributed by atoms with E-state index in [1.165, 1.54) is 20.7 Å². The molecule has 1 fully saturated rings. The Balaban J connectivity index is 1.17. The molecule has 7 rings (SSSR count). The highest BCUT2D eigenvalue weighted by Gasteiger charge is 2.38. The molecule has 0 radical (unpaired) electrons. The van der Waals surface area contributed by atoms with Gasteiger partial charge in [-0.25, -0.2) is 14.8 Å². The summed E-state index contributed by atoms with van der Waals surface area (Å²) in [7, 11) is 1.67. The standard InChI is InChI=1S/C36H42N8O5/c1-21-19-41(35(48)49)10-11-42(21)25-6-7-30(38-18-25)39-27-14-24(20-40(5)33(27)46)26-8-9-37-32(31(26)22(2)45)44-13-12-43-28(34(44)47)15-23-16-36(3,4)17-29(23)43/h6-9,14-15,18,20-22,45H,10-13,16-17,19H2,1-5H3,(H,38,39)(H,48,49)/t21-,22+/m0/s1. The van der Waals surface area contributed by atoms with E-state index in [-0.39, 0.29) is 22.9 Å². The fourth-order valence-corrected chi connectivity index (χ4v) is 7.69. The van der Waals surface area contributed by atoms with Crippen molar-refractivity contribution in [1.82, 2.24) is 24.0 Å². The smallest absolute Gasteiger partial charge is 0.407 e. The summed E-state index contributed by atoms with van der Waals surface area (Å²) in [5.74, 6) is 0.739. The van der Waals surface area contributed by atoms with Gasteiger partial charge in [0.05, 0.1) is 18.0 Å². The molecule has 13 nitrogen and oxygen atoms in total. The van der Waals surface area contributed by atoms with Gasteiger partial charge in [0.1, 0.15) is 23.0 Å². The molecule has 2 aliphatic heterocycles. The van der Waals surface area contributed by atoms with Crippen molar-refractivity contribution < 1.29 is 19.8 Å². The van der Waals surface area contributed by atoms with E-state index in [4.69, 9.17) is 0 Å². The van der Waals surface area contributed by atoms with Gasteiger partial charge in [0, 0.05) is 75.0 Å². The van der Waals surface area contributed by atoms with Crippen molar-refractivity contribution in [3.63, 3.8) is 0 Å². The predicted octanol–water partition coefficient (Wildman–Crippen LogP) is 4.41. The summed E-state index contributed by atoms with van der Waals surface area (Å²) in [4.78, 5) is 53.0. The molecule has 0 unspecified atom stereocenters. The number of amides is 2. The minimum Gasteiger partial charge on any atom is -0.465 e. The monoisotopic (exact) mass is 666 g/mol. The van der Waals surface area contributed by atoms with E-state index in [0.29, 0.717) is 72.4 Å². The van der Waals surface area contributed by atoms with Crippen LogP contribution in [-0.2, 0) is 26.4 Å². The fraction of sp³-hybridized carbons (Fsp3) is 0.417. The summed E-state index contributed by atoms with van der Waals surface area (Å²) in [6, 6.07) is 9.22. The molecule has 2 atom stereocenters. The zero-order valence-electron chi connectivity index (χ0n) is 28.5. The molecule has 1 aliphatic carbocycles. The van der Waals surface area contributed by atoms with Gasteiger partial charge in [-0.05, 0) is 73.6 Å². The third-order valence-electron chi connectivity index (χ3n) is 10.0. The molecule has 2 amide bonds. The molecule has 1 saturated heterocycles. The minimum absolute atomic E-state index is 0.0123. The number of rotatable bonds is 6. The Kier molecular flexibility index (Phi) is 7.97. The lowest BCUT2D eigenvalue weighted by atomic mass is 9.90. The zero-order chi connectivity index (χ0) is 34.8. The number of hydrogen-bond donors (Lipinski definition) is 3. The van der Waals surface area contributed by atoms with E-state index in [9.17, 15) is 24.6 Å². The number of nitrogens with zero attached hydrogens (tertiary/aromatic N) is 7. The highest BCUT2D eigenvalue weighted by atomic mass is 16.4. The van der Waals surface area contributed by atoms with Crippen molar-refractivity contribution in [1.29, 1.82) is 0 Å². The second kappa shape index (κ2) is 12.1. The van der Waals surface area contributed by atoms with Crippen LogP contribution in [0.2, 0.25) is 0 Å². The van der Waals surface area contributed by atoms with Crippen LogP contribution in [0.15, 0.2) is 53.7 Å². The Morgan fingerprint density at radius 2 is 1.86 bits per heavy atom. The highest BCUT2D eigenvalue weighted by Crippen LogP contribution is 2.41. The van der Waals surface area contributed by atoms with Crippen molar-refractivity contribution >= 4 is 35.0 Å². The summed E-state index contributed by atoms with van der Waals surface area (Å²) in [6.07, 6.45) is 5.07. The first-order chi connectivity index (χ1) is 23.3. The third kappa shape index (κ3) is 5.81. The topological polar surface area (TPSA) is 149 Å². The van der Waals surface area contributed by atoms with Gasteiger partial charge in [-0.3, -0.25) is 14.5 Å². The zero-order valence-corrected chi connectivity index (χ0v) is 28.5. The molecule has 0 spiro atoms. The number of pyridine rings is 3. The maximum absolute atomic E-state index is 13.9. The van der Waals surface area contributed by atoms with Crippen LogP contribution in [0, 0.1) is 5.41 Å². The molecule has 6 heterocycles. The van der Waals surface area contributed by atoms with Crippen molar-refractivity contribution in [2.45, 2.75) is 59.2 Å². The number of piperazine rings is 1. The second-order valence-corrected chi connectivity index (χ2v) is 14.3. The summed E-state index contributed by atoms with van der Waals surface area (Å²) in [5, 5.41) is 23.6. The number of fused-ring (bicyclic) bond motifs is 3. The number of aliphatic hydroxyl groups excluding tert-OH is 1. The van der Waals surface area contributed by atoms with Crippen LogP contribution in [0.4, 0.5) is 27.8 Å². The molecule has 3 aliphatic rings. The number of aliphatic hydroxyl groups is 1. The number of carboxylic acid groups (broad SMARTS) is 1. The van der Waals surface area contributed by atoms with Crippen LogP contribution in [0.5, 0.6) is 0 Å². The molecule has 256 valence electrons. The van der Waals surface area contributed by atoms with E-state index in [2.05, 4.69) is 38.6 Å². The summed E-state index contributed by atoms with van der Waals surface area (Å²) < 4.78 is 3.63. The van der Waals surface area contributed by atoms with Crippen LogP contribution >= 0.6 is 0 Å². The largest absolute Gasteiger partial charge is 0.465 e. The lowest BCUT2D eigenvalue weighted by Crippen LogP contribution is -2.53. The lowest BCUT2D eigenvalue weighted by molar-refractivity contribution is 0.0962. The second-order valence-electron chi connectivity index (χ2n) is 14.3. The summed E-state index contributed by atoms with van der Waals surface area (Å²) in [6.45, 7) is 10.6. The number of carbonyl (C=O) groups is 2. The van der Waals surface area contributed by atoms with E-state index >= 15 is 0 Å². The van der Waals surface area contributed by atoms with E-state index in [1.54, 1.807) is 55.7 Å². The van der Waals surface area contributed by atoms with Crippen molar-refractivity contribution in [3.8, 4) is 11.1 Å². The first-order valence-corrected chi connectivity index (χ1v) is 16.7. The normalized spacial score (nSPS) is 19.1. The van der Waals surface area contributed by atoms with Crippen LogP contribution in [-0.4, -0.2) is 78.4 Å². The molecule has 4 aromatic heterocycles. The SMILES string of the molecule is C[C@@H](O)c1c(-c2cc(Nc3ccc(N4CCN(C(=O)O)C[C@@H]4C)cn3)c(=O)n(C)c2)ccnc1N1CCn2c(cc3c2CC(C)(C)C3)C1=O. The predicted molar refractivity (Wildman–Crippen MR) is 187 cm³/mol. The van der Waals surface area contributed by atoms with Crippen LogP contribution in [0.3, 0.4) is 0 Å². The first-order valence-electron chi connectivity index (χ1n) is 16.7. The van der Waals surface area contributed by atoms with Gasteiger partial charge in [-0.2, -0.15) is 0 Å². The van der Waals surface area contributed by atoms with E-state index in [1.807, 2.05) is 19.1 Å². The lowest BCUT2D eigenvalue weighted by Gasteiger charge is -2.39. The summed E-state index contributed by atoms with van der Waals surface area (Å²) in [5.41, 5.74) is 6.05. The Hall–Kier alpha value is -5.17. The van der Waals surface area contributed by atoms with Gasteiger partial charge < -0.3 is 34.5 Å². The molecular formula is C36H42N8O5. The average molecular weight is 667 g/mol. The van der Waals surface area contributed by atoms with E-state index < -0.39 is 12.2 Å². The molecular weight excluding hydrogens is 624 g/mol. The Morgan fingerprint density at radius 1 is 1.06 bits per heavy atom. The Bertz CT molecular complexity index is 2010. The fourth-order valence-electron chi connectivity index (χ4n) is 7.69. The third-order valence-corrected chi connectivity index (χ3v) is 10.0. The maximum atomic E-state index is 13.9. The van der Waals surface area contributed by atoms with Gasteiger partial charge in [-0.1, -0.05) is 13.8 Å². The van der Waals surface area contributed by atoms with Gasteiger partial charge >= 0.3 is 6.09 Å². The molecule has 3 N–H and O–H groups in total. The van der Waals surface area contributed by atoms with E-state index in [0.717, 1.165) is 18.5 Å². The maximum Gasteiger partial charge on any atom is 0.407 e. The quantitative estimate of drug-likeness (QED) is 0.272. The molecule has 13 heteroatoms. The molecule has 4 aromatic rings.